The minimum atomic E-state index is -0.290. The second-order valence-electron chi connectivity index (χ2n) is 3.58. The molecule has 0 aliphatic heterocycles. The summed E-state index contributed by atoms with van der Waals surface area (Å²) in [4.78, 5) is 2.10. The van der Waals surface area contributed by atoms with Crippen LogP contribution >= 0.6 is 54.8 Å². The highest BCUT2D eigenvalue weighted by atomic mass is 79.9. The Labute approximate surface area is 125 Å². The van der Waals surface area contributed by atoms with Crippen molar-refractivity contribution in [3.8, 4) is 0 Å². The van der Waals surface area contributed by atoms with E-state index in [0.29, 0.717) is 10.6 Å². The Morgan fingerprint density at radius 3 is 2.59 bits per heavy atom. The van der Waals surface area contributed by atoms with E-state index < -0.39 is 0 Å². The van der Waals surface area contributed by atoms with Crippen LogP contribution in [0.25, 0.3) is 0 Å². The zero-order valence-electron chi connectivity index (χ0n) is 8.81. The molecule has 1 atom stereocenters. The van der Waals surface area contributed by atoms with Crippen molar-refractivity contribution in [2.75, 3.05) is 0 Å². The number of hydrogen-bond donors (Lipinski definition) is 0. The van der Waals surface area contributed by atoms with Crippen LogP contribution in [0.15, 0.2) is 28.7 Å². The van der Waals surface area contributed by atoms with E-state index in [2.05, 4.69) is 31.9 Å². The minimum absolute atomic E-state index is 0.144. The quantitative estimate of drug-likeness (QED) is 0.537. The molecule has 0 spiro atoms. The van der Waals surface area contributed by atoms with E-state index in [1.807, 2.05) is 13.0 Å². The average molecular weight is 399 g/mol. The third-order valence-electron chi connectivity index (χ3n) is 2.36. The Hall–Kier alpha value is 0.1000. The van der Waals surface area contributed by atoms with Gasteiger partial charge in [0.05, 0.1) is 4.83 Å². The average Bonchev–Trinajstić information content (AvgIpc) is 2.58. The summed E-state index contributed by atoms with van der Waals surface area (Å²) in [5.41, 5.74) is 0.600. The maximum absolute atomic E-state index is 13.8. The van der Waals surface area contributed by atoms with Crippen molar-refractivity contribution in [3.05, 3.63) is 54.9 Å². The lowest BCUT2D eigenvalue weighted by molar-refractivity contribution is 0.614. The first kappa shape index (κ1) is 13.5. The predicted octanol–water partition coefficient (Wildman–Crippen LogP) is 6.10. The Morgan fingerprint density at radius 1 is 1.35 bits per heavy atom. The van der Waals surface area contributed by atoms with Crippen molar-refractivity contribution in [2.24, 2.45) is 0 Å². The summed E-state index contributed by atoms with van der Waals surface area (Å²) >= 11 is 14.4. The van der Waals surface area contributed by atoms with Gasteiger partial charge in [0.25, 0.3) is 0 Å². The summed E-state index contributed by atoms with van der Waals surface area (Å²) in [5.74, 6) is -0.290. The summed E-state index contributed by atoms with van der Waals surface area (Å²) < 4.78 is 14.8. The summed E-state index contributed by atoms with van der Waals surface area (Å²) in [6.07, 6.45) is 0. The fourth-order valence-electron chi connectivity index (χ4n) is 1.47. The van der Waals surface area contributed by atoms with Crippen molar-refractivity contribution in [1.82, 2.24) is 0 Å². The standard InChI is InChI=1S/C12H8Br2ClFS/c1-6-9(13)5-11(17-6)12(14)8-3-2-7(15)4-10(8)16/h2-5,12H,1H3. The van der Waals surface area contributed by atoms with Crippen LogP contribution < -0.4 is 0 Å². The van der Waals surface area contributed by atoms with Crippen LogP contribution in [0.3, 0.4) is 0 Å². The van der Waals surface area contributed by atoms with Gasteiger partial charge in [0.2, 0.25) is 0 Å². The van der Waals surface area contributed by atoms with Crippen molar-refractivity contribution in [2.45, 2.75) is 11.8 Å². The largest absolute Gasteiger partial charge is 0.207 e. The van der Waals surface area contributed by atoms with E-state index in [9.17, 15) is 4.39 Å². The van der Waals surface area contributed by atoms with Gasteiger partial charge in [-0.3, -0.25) is 0 Å². The van der Waals surface area contributed by atoms with E-state index >= 15 is 0 Å². The molecule has 0 fully saturated rings. The molecular weight excluding hydrogens is 390 g/mol. The van der Waals surface area contributed by atoms with Crippen molar-refractivity contribution in [1.29, 1.82) is 0 Å². The van der Waals surface area contributed by atoms with Gasteiger partial charge in [-0.1, -0.05) is 33.6 Å². The highest BCUT2D eigenvalue weighted by Gasteiger charge is 2.17. The Morgan fingerprint density at radius 2 is 2.06 bits per heavy atom. The van der Waals surface area contributed by atoms with E-state index in [1.165, 1.54) is 10.9 Å². The van der Waals surface area contributed by atoms with Crippen LogP contribution in [0.5, 0.6) is 0 Å². The first-order valence-electron chi connectivity index (χ1n) is 4.84. The SMILES string of the molecule is Cc1sc(C(Br)c2ccc(Cl)cc2F)cc1Br. The maximum atomic E-state index is 13.8. The number of halogens is 4. The van der Waals surface area contributed by atoms with E-state index in [4.69, 9.17) is 11.6 Å². The molecule has 0 aliphatic rings. The van der Waals surface area contributed by atoms with Crippen LogP contribution in [0.2, 0.25) is 5.02 Å². The maximum Gasteiger partial charge on any atom is 0.129 e. The third kappa shape index (κ3) is 2.92. The van der Waals surface area contributed by atoms with Gasteiger partial charge in [-0.05, 0) is 41.1 Å². The lowest BCUT2D eigenvalue weighted by atomic mass is 10.1. The van der Waals surface area contributed by atoms with Crippen LogP contribution in [0, 0.1) is 12.7 Å². The third-order valence-corrected chi connectivity index (χ3v) is 6.09. The monoisotopic (exact) mass is 396 g/mol. The first-order valence-corrected chi connectivity index (χ1v) is 7.74. The zero-order chi connectivity index (χ0) is 12.6. The molecule has 1 unspecified atom stereocenters. The zero-order valence-corrected chi connectivity index (χ0v) is 13.6. The van der Waals surface area contributed by atoms with Gasteiger partial charge in [-0.15, -0.1) is 11.3 Å². The van der Waals surface area contributed by atoms with Crippen LogP contribution in [-0.4, -0.2) is 0 Å². The molecule has 0 bridgehead atoms. The van der Waals surface area contributed by atoms with Crippen molar-refractivity contribution < 1.29 is 4.39 Å². The second-order valence-corrected chi connectivity index (χ2v) is 7.08. The molecule has 90 valence electrons. The van der Waals surface area contributed by atoms with Crippen LogP contribution in [-0.2, 0) is 0 Å². The Bertz CT molecular complexity index is 534. The minimum Gasteiger partial charge on any atom is -0.207 e. The predicted molar refractivity (Wildman–Crippen MR) is 78.9 cm³/mol. The number of thiophene rings is 1. The molecule has 0 saturated carbocycles. The van der Waals surface area contributed by atoms with Gasteiger partial charge in [-0.25, -0.2) is 4.39 Å². The summed E-state index contributed by atoms with van der Waals surface area (Å²) in [5, 5.41) is 0.412. The molecule has 2 rings (SSSR count). The second kappa shape index (κ2) is 5.39. The summed E-state index contributed by atoms with van der Waals surface area (Å²) in [6.45, 7) is 2.02. The highest BCUT2D eigenvalue weighted by Crippen LogP contribution is 2.39. The molecule has 1 aromatic heterocycles. The molecular formula is C12H8Br2ClFS. The molecule has 2 aromatic rings. The van der Waals surface area contributed by atoms with Crippen molar-refractivity contribution >= 4 is 54.8 Å². The topological polar surface area (TPSA) is 0 Å². The number of alkyl halides is 1. The van der Waals surface area contributed by atoms with Gasteiger partial charge >= 0.3 is 0 Å². The lowest BCUT2D eigenvalue weighted by Crippen LogP contribution is -1.94. The smallest absolute Gasteiger partial charge is 0.129 e. The molecule has 0 nitrogen and oxygen atoms in total. The molecule has 1 aromatic carbocycles. The van der Waals surface area contributed by atoms with Crippen LogP contribution in [0.1, 0.15) is 20.1 Å². The van der Waals surface area contributed by atoms with Gasteiger partial charge < -0.3 is 0 Å². The Kier molecular flexibility index (Phi) is 4.29. The molecule has 17 heavy (non-hydrogen) atoms. The molecule has 0 radical (unpaired) electrons. The van der Waals surface area contributed by atoms with Gasteiger partial charge in [0.1, 0.15) is 5.82 Å². The fraction of sp³-hybridized carbons (Fsp3) is 0.167. The van der Waals surface area contributed by atoms with Gasteiger partial charge in [0.15, 0.2) is 0 Å². The molecule has 0 N–H and O–H groups in total. The van der Waals surface area contributed by atoms with E-state index in [-0.39, 0.29) is 10.6 Å². The molecule has 5 heteroatoms. The Balaban J connectivity index is 2.39. The number of aryl methyl sites for hydroxylation is 1. The van der Waals surface area contributed by atoms with Crippen molar-refractivity contribution in [3.63, 3.8) is 0 Å². The summed E-state index contributed by atoms with van der Waals surface area (Å²) in [6, 6.07) is 6.75. The van der Waals surface area contributed by atoms with Crippen LogP contribution in [0.4, 0.5) is 4.39 Å². The first-order chi connectivity index (χ1) is 7.99. The normalized spacial score (nSPS) is 12.8. The summed E-state index contributed by atoms with van der Waals surface area (Å²) in [7, 11) is 0. The molecule has 1 heterocycles. The van der Waals surface area contributed by atoms with Gasteiger partial charge in [-0.2, -0.15) is 0 Å². The molecule has 0 saturated heterocycles. The number of benzene rings is 1. The van der Waals surface area contributed by atoms with E-state index in [1.54, 1.807) is 23.5 Å². The molecule has 0 aliphatic carbocycles. The van der Waals surface area contributed by atoms with Gasteiger partial charge in [0, 0.05) is 24.8 Å². The lowest BCUT2D eigenvalue weighted by Gasteiger charge is -2.09. The molecule has 0 amide bonds. The van der Waals surface area contributed by atoms with E-state index in [0.717, 1.165) is 9.35 Å². The highest BCUT2D eigenvalue weighted by molar-refractivity contribution is 9.10. The fourth-order valence-corrected chi connectivity index (χ4v) is 3.97. The number of rotatable bonds is 2. The number of hydrogen-bond acceptors (Lipinski definition) is 1.